The Hall–Kier alpha value is -2.24. The normalized spacial score (nSPS) is 11.6. The van der Waals surface area contributed by atoms with Crippen LogP contribution in [0, 0.1) is 0 Å². The predicted molar refractivity (Wildman–Crippen MR) is 115 cm³/mol. The Labute approximate surface area is 176 Å². The van der Waals surface area contributed by atoms with E-state index in [0.29, 0.717) is 11.6 Å². The molecule has 7 heteroatoms. The number of carbonyl (C=O) groups is 2. The molecule has 28 heavy (non-hydrogen) atoms. The number of halogens is 2. The van der Waals surface area contributed by atoms with E-state index in [0.717, 1.165) is 25.2 Å². The van der Waals surface area contributed by atoms with Gasteiger partial charge in [-0.25, -0.2) is 0 Å². The summed E-state index contributed by atoms with van der Waals surface area (Å²) >= 11 is 12.0. The third kappa shape index (κ3) is 6.14. The highest BCUT2D eigenvalue weighted by molar-refractivity contribution is 6.43. The molecule has 5 nitrogen and oxygen atoms in total. The lowest BCUT2D eigenvalue weighted by Crippen LogP contribution is -2.45. The Morgan fingerprint density at radius 2 is 1.79 bits per heavy atom. The molecule has 1 atom stereocenters. The second-order valence-electron chi connectivity index (χ2n) is 6.36. The molecular formula is C21H25Cl2N3O2. The SMILES string of the molecule is CCN(CCCNC(=O)C(C)NC(=O)c1cccc(Cl)c1Cl)c1ccccc1. The van der Waals surface area contributed by atoms with Crippen LogP contribution in [0.4, 0.5) is 5.69 Å². The first kappa shape index (κ1) is 22.1. The zero-order chi connectivity index (χ0) is 20.5. The van der Waals surface area contributed by atoms with Crippen LogP contribution in [0.2, 0.25) is 10.0 Å². The molecule has 1 unspecified atom stereocenters. The fraction of sp³-hybridized carbons (Fsp3) is 0.333. The molecule has 0 aromatic heterocycles. The highest BCUT2D eigenvalue weighted by Crippen LogP contribution is 2.25. The Kier molecular flexibility index (Phi) is 8.61. The summed E-state index contributed by atoms with van der Waals surface area (Å²) in [5, 5.41) is 5.98. The van der Waals surface area contributed by atoms with Gasteiger partial charge in [0.15, 0.2) is 0 Å². The molecule has 0 aliphatic carbocycles. The van der Waals surface area contributed by atoms with Crippen molar-refractivity contribution in [2.45, 2.75) is 26.3 Å². The average molecular weight is 422 g/mol. The van der Waals surface area contributed by atoms with Crippen molar-refractivity contribution in [3.63, 3.8) is 0 Å². The molecule has 0 radical (unpaired) electrons. The van der Waals surface area contributed by atoms with E-state index in [-0.39, 0.29) is 16.5 Å². The highest BCUT2D eigenvalue weighted by Gasteiger charge is 2.19. The summed E-state index contributed by atoms with van der Waals surface area (Å²) in [6.07, 6.45) is 0.801. The molecule has 2 aromatic carbocycles. The molecule has 0 aliphatic rings. The van der Waals surface area contributed by atoms with E-state index in [1.807, 2.05) is 18.2 Å². The van der Waals surface area contributed by atoms with Gasteiger partial charge in [0.1, 0.15) is 6.04 Å². The Morgan fingerprint density at radius 1 is 1.07 bits per heavy atom. The lowest BCUT2D eigenvalue weighted by Gasteiger charge is -2.23. The standard InChI is InChI=1S/C21H25Cl2N3O2/c1-3-26(16-9-5-4-6-10-16)14-8-13-24-20(27)15(2)25-21(28)17-11-7-12-18(22)19(17)23/h4-7,9-12,15H,3,8,13-14H2,1-2H3,(H,24,27)(H,25,28). The van der Waals surface area contributed by atoms with Crippen LogP contribution in [0.15, 0.2) is 48.5 Å². The first-order valence-corrected chi connectivity index (χ1v) is 10.0. The van der Waals surface area contributed by atoms with E-state index in [4.69, 9.17) is 23.2 Å². The summed E-state index contributed by atoms with van der Waals surface area (Å²) in [6.45, 7) is 5.99. The maximum absolute atomic E-state index is 12.3. The van der Waals surface area contributed by atoms with Gasteiger partial charge in [-0.2, -0.15) is 0 Å². The highest BCUT2D eigenvalue weighted by atomic mass is 35.5. The van der Waals surface area contributed by atoms with Crippen molar-refractivity contribution in [3.8, 4) is 0 Å². The zero-order valence-corrected chi connectivity index (χ0v) is 17.6. The van der Waals surface area contributed by atoms with E-state index in [1.54, 1.807) is 25.1 Å². The van der Waals surface area contributed by atoms with Gasteiger partial charge in [0, 0.05) is 25.3 Å². The molecule has 0 saturated carbocycles. The first-order chi connectivity index (χ1) is 13.4. The van der Waals surface area contributed by atoms with Crippen molar-refractivity contribution in [1.82, 2.24) is 10.6 Å². The Balaban J connectivity index is 1.78. The number of hydrogen-bond acceptors (Lipinski definition) is 3. The summed E-state index contributed by atoms with van der Waals surface area (Å²) in [4.78, 5) is 26.8. The minimum absolute atomic E-state index is 0.176. The summed E-state index contributed by atoms with van der Waals surface area (Å²) in [7, 11) is 0. The van der Waals surface area contributed by atoms with Crippen LogP contribution < -0.4 is 15.5 Å². The number of rotatable bonds is 9. The van der Waals surface area contributed by atoms with Gasteiger partial charge >= 0.3 is 0 Å². The molecule has 0 fully saturated rings. The van der Waals surface area contributed by atoms with Gasteiger partial charge in [0.2, 0.25) is 5.91 Å². The van der Waals surface area contributed by atoms with Crippen LogP contribution in [0.3, 0.4) is 0 Å². The van der Waals surface area contributed by atoms with Crippen molar-refractivity contribution in [2.75, 3.05) is 24.5 Å². The Morgan fingerprint density at radius 3 is 2.46 bits per heavy atom. The molecular weight excluding hydrogens is 397 g/mol. The summed E-state index contributed by atoms with van der Waals surface area (Å²) < 4.78 is 0. The van der Waals surface area contributed by atoms with Crippen molar-refractivity contribution in [2.24, 2.45) is 0 Å². The molecule has 0 heterocycles. The zero-order valence-electron chi connectivity index (χ0n) is 16.0. The van der Waals surface area contributed by atoms with Crippen molar-refractivity contribution in [1.29, 1.82) is 0 Å². The Bertz CT molecular complexity index is 799. The number of amides is 2. The van der Waals surface area contributed by atoms with Crippen LogP contribution in [0.25, 0.3) is 0 Å². The van der Waals surface area contributed by atoms with E-state index in [9.17, 15) is 9.59 Å². The number of anilines is 1. The molecule has 0 aliphatic heterocycles. The van der Waals surface area contributed by atoms with Crippen molar-refractivity contribution >= 4 is 40.7 Å². The average Bonchev–Trinajstić information content (AvgIpc) is 2.70. The lowest BCUT2D eigenvalue weighted by molar-refractivity contribution is -0.122. The quantitative estimate of drug-likeness (QED) is 0.597. The maximum Gasteiger partial charge on any atom is 0.253 e. The third-order valence-corrected chi connectivity index (χ3v) is 5.16. The number of benzene rings is 2. The summed E-state index contributed by atoms with van der Waals surface area (Å²) in [5.41, 5.74) is 1.41. The lowest BCUT2D eigenvalue weighted by atomic mass is 10.2. The molecule has 0 spiro atoms. The van der Waals surface area contributed by atoms with Crippen LogP contribution >= 0.6 is 23.2 Å². The summed E-state index contributed by atoms with van der Waals surface area (Å²) in [5.74, 6) is -0.675. The number of hydrogen-bond donors (Lipinski definition) is 2. The second kappa shape index (κ2) is 10.9. The third-order valence-electron chi connectivity index (χ3n) is 4.34. The number of nitrogens with one attached hydrogen (secondary N) is 2. The number of nitrogens with zero attached hydrogens (tertiary/aromatic N) is 1. The van der Waals surface area contributed by atoms with Gasteiger partial charge in [0.05, 0.1) is 15.6 Å². The number of carbonyl (C=O) groups excluding carboxylic acids is 2. The van der Waals surface area contributed by atoms with Crippen molar-refractivity contribution < 1.29 is 9.59 Å². The van der Waals surface area contributed by atoms with Gasteiger partial charge in [0.25, 0.3) is 5.91 Å². The molecule has 2 rings (SSSR count). The molecule has 0 bridgehead atoms. The van der Waals surface area contributed by atoms with Crippen LogP contribution in [-0.2, 0) is 4.79 Å². The van der Waals surface area contributed by atoms with Crippen LogP contribution in [-0.4, -0.2) is 37.5 Å². The smallest absolute Gasteiger partial charge is 0.253 e. The molecule has 2 N–H and O–H groups in total. The number of para-hydroxylation sites is 1. The largest absolute Gasteiger partial charge is 0.372 e. The molecule has 2 aromatic rings. The monoisotopic (exact) mass is 421 g/mol. The fourth-order valence-corrected chi connectivity index (χ4v) is 3.15. The van der Waals surface area contributed by atoms with E-state index in [1.165, 1.54) is 0 Å². The van der Waals surface area contributed by atoms with E-state index in [2.05, 4.69) is 34.6 Å². The van der Waals surface area contributed by atoms with Crippen LogP contribution in [0.5, 0.6) is 0 Å². The first-order valence-electron chi connectivity index (χ1n) is 9.26. The fourth-order valence-electron chi connectivity index (χ4n) is 2.76. The summed E-state index contributed by atoms with van der Waals surface area (Å²) in [6, 6.07) is 14.3. The minimum Gasteiger partial charge on any atom is -0.372 e. The van der Waals surface area contributed by atoms with Gasteiger partial charge in [-0.15, -0.1) is 0 Å². The predicted octanol–water partition coefficient (Wildman–Crippen LogP) is 4.14. The molecule has 0 saturated heterocycles. The van der Waals surface area contributed by atoms with Crippen molar-refractivity contribution in [3.05, 3.63) is 64.1 Å². The minimum atomic E-state index is -0.682. The van der Waals surface area contributed by atoms with Gasteiger partial charge < -0.3 is 15.5 Å². The van der Waals surface area contributed by atoms with Gasteiger partial charge in [-0.1, -0.05) is 47.5 Å². The van der Waals surface area contributed by atoms with Gasteiger partial charge in [-0.3, -0.25) is 9.59 Å². The van der Waals surface area contributed by atoms with E-state index >= 15 is 0 Å². The van der Waals surface area contributed by atoms with E-state index < -0.39 is 11.9 Å². The maximum atomic E-state index is 12.3. The molecule has 150 valence electrons. The second-order valence-corrected chi connectivity index (χ2v) is 7.14. The molecule has 2 amide bonds. The van der Waals surface area contributed by atoms with Gasteiger partial charge in [-0.05, 0) is 44.5 Å². The topological polar surface area (TPSA) is 61.4 Å². The van der Waals surface area contributed by atoms with Crippen LogP contribution in [0.1, 0.15) is 30.6 Å².